The predicted octanol–water partition coefficient (Wildman–Crippen LogP) is 4.94. The van der Waals surface area contributed by atoms with Gasteiger partial charge in [-0.1, -0.05) is 29.8 Å². The van der Waals surface area contributed by atoms with E-state index in [0.717, 1.165) is 47.1 Å². The number of rotatable bonds is 2. The summed E-state index contributed by atoms with van der Waals surface area (Å²) in [6.07, 6.45) is 4.87. The highest BCUT2D eigenvalue weighted by atomic mass is 19.1. The average molecular weight is 546 g/mol. The first kappa shape index (κ1) is 26.0. The lowest BCUT2D eigenvalue weighted by atomic mass is 9.84. The molecule has 9 bridgehead atoms. The second-order valence-corrected chi connectivity index (χ2v) is 10.7. The fraction of sp³-hybridized carbons (Fsp3) is 0.367. The van der Waals surface area contributed by atoms with Crippen molar-refractivity contribution in [2.75, 3.05) is 6.54 Å². The van der Waals surface area contributed by atoms with Crippen LogP contribution in [0.25, 0.3) is 11.2 Å². The lowest BCUT2D eigenvalue weighted by molar-refractivity contribution is -0.137. The van der Waals surface area contributed by atoms with Crippen molar-refractivity contribution < 1.29 is 23.5 Å². The number of amides is 1. The van der Waals surface area contributed by atoms with Crippen molar-refractivity contribution in [3.05, 3.63) is 87.1 Å². The zero-order chi connectivity index (χ0) is 28.0. The molecule has 1 N–H and O–H groups in total. The summed E-state index contributed by atoms with van der Waals surface area (Å²) in [4.78, 5) is 31.4. The van der Waals surface area contributed by atoms with Gasteiger partial charge in [-0.3, -0.25) is 9.59 Å². The van der Waals surface area contributed by atoms with Crippen LogP contribution in [0.1, 0.15) is 75.3 Å². The molecule has 40 heavy (non-hydrogen) atoms. The van der Waals surface area contributed by atoms with E-state index in [0.29, 0.717) is 42.7 Å². The van der Waals surface area contributed by atoms with E-state index < -0.39 is 35.0 Å². The molecule has 0 saturated heterocycles. The van der Waals surface area contributed by atoms with Crippen LogP contribution in [0.5, 0.6) is 0 Å². The molecule has 2 aromatic heterocycles. The number of carboxylic acid groups (broad SMARTS) is 1. The summed E-state index contributed by atoms with van der Waals surface area (Å²) in [7, 11) is 0. The third-order valence-electron chi connectivity index (χ3n) is 8.16. The van der Waals surface area contributed by atoms with Gasteiger partial charge in [-0.2, -0.15) is 0 Å². The fourth-order valence-corrected chi connectivity index (χ4v) is 5.99. The second-order valence-electron chi connectivity index (χ2n) is 10.7. The molecule has 4 aromatic rings. The van der Waals surface area contributed by atoms with Gasteiger partial charge in [0.05, 0.1) is 6.42 Å². The van der Waals surface area contributed by atoms with Gasteiger partial charge in [-0.25, -0.2) is 18.4 Å². The molecule has 2 aromatic carbocycles. The highest BCUT2D eigenvalue weighted by molar-refractivity contribution is 5.95. The minimum absolute atomic E-state index is 0.160. The molecule has 7 heterocycles. The Hall–Kier alpha value is -4.21. The average Bonchev–Trinajstić information content (AvgIpc) is 3.34. The van der Waals surface area contributed by atoms with Gasteiger partial charge in [0.2, 0.25) is 0 Å². The highest BCUT2D eigenvalue weighted by Crippen LogP contribution is 2.35. The van der Waals surface area contributed by atoms with Gasteiger partial charge in [-0.15, -0.1) is 5.10 Å². The molecule has 0 fully saturated rings. The summed E-state index contributed by atoms with van der Waals surface area (Å²) >= 11 is 0. The van der Waals surface area contributed by atoms with Crippen molar-refractivity contribution >= 4 is 23.0 Å². The van der Waals surface area contributed by atoms with Crippen LogP contribution in [0.4, 0.5) is 8.78 Å². The van der Waals surface area contributed by atoms with Crippen molar-refractivity contribution in [3.8, 4) is 0 Å². The Labute approximate surface area is 229 Å². The summed E-state index contributed by atoms with van der Waals surface area (Å²) in [6, 6.07) is 8.30. The first-order valence-corrected chi connectivity index (χ1v) is 13.6. The van der Waals surface area contributed by atoms with Gasteiger partial charge < -0.3 is 10.0 Å². The van der Waals surface area contributed by atoms with Crippen LogP contribution in [0.15, 0.2) is 36.5 Å². The number of aromatic nitrogens is 4. The summed E-state index contributed by atoms with van der Waals surface area (Å²) < 4.78 is 31.9. The highest BCUT2D eigenvalue weighted by Gasteiger charge is 2.29. The lowest BCUT2D eigenvalue weighted by Gasteiger charge is -2.30. The van der Waals surface area contributed by atoms with Gasteiger partial charge >= 0.3 is 5.97 Å². The van der Waals surface area contributed by atoms with Gasteiger partial charge in [-0.05, 0) is 78.1 Å². The molecule has 5 aliphatic rings. The van der Waals surface area contributed by atoms with Gasteiger partial charge in [0.1, 0.15) is 22.7 Å². The summed E-state index contributed by atoms with van der Waals surface area (Å²) in [5.41, 5.74) is 5.45. The molecule has 9 rings (SSSR count). The van der Waals surface area contributed by atoms with Crippen molar-refractivity contribution in [1.82, 2.24) is 24.9 Å². The number of aliphatic carboxylic acids is 1. The Morgan fingerprint density at radius 2 is 1.85 bits per heavy atom. The Morgan fingerprint density at radius 1 is 1.05 bits per heavy atom. The molecular weight excluding hydrogens is 516 g/mol. The van der Waals surface area contributed by atoms with Gasteiger partial charge in [0.25, 0.3) is 5.91 Å². The van der Waals surface area contributed by atoms with E-state index in [1.54, 1.807) is 10.9 Å². The number of hydrogen-bond acceptors (Lipinski definition) is 5. The maximum Gasteiger partial charge on any atom is 0.304 e. The predicted molar refractivity (Wildman–Crippen MR) is 143 cm³/mol. The van der Waals surface area contributed by atoms with E-state index in [-0.39, 0.29) is 13.0 Å². The van der Waals surface area contributed by atoms with E-state index in [4.69, 9.17) is 0 Å². The van der Waals surface area contributed by atoms with Crippen LogP contribution in [-0.4, -0.2) is 48.4 Å². The lowest BCUT2D eigenvalue weighted by Crippen LogP contribution is -2.37. The molecule has 0 radical (unpaired) electrons. The monoisotopic (exact) mass is 545 g/mol. The van der Waals surface area contributed by atoms with Crippen LogP contribution in [0.3, 0.4) is 0 Å². The Balaban J connectivity index is 1.46. The van der Waals surface area contributed by atoms with E-state index in [9.17, 15) is 14.7 Å². The molecule has 8 nitrogen and oxygen atoms in total. The van der Waals surface area contributed by atoms with Crippen molar-refractivity contribution in [3.63, 3.8) is 0 Å². The number of halogens is 2. The van der Waals surface area contributed by atoms with Crippen LogP contribution in [-0.2, 0) is 30.7 Å². The second kappa shape index (κ2) is 10.4. The zero-order valence-corrected chi connectivity index (χ0v) is 22.2. The van der Waals surface area contributed by atoms with Crippen molar-refractivity contribution in [1.29, 1.82) is 0 Å². The van der Waals surface area contributed by atoms with E-state index >= 15 is 8.78 Å². The maximum atomic E-state index is 15.1. The van der Waals surface area contributed by atoms with E-state index in [1.165, 1.54) is 17.0 Å². The van der Waals surface area contributed by atoms with Crippen LogP contribution in [0, 0.1) is 18.6 Å². The molecule has 1 unspecified atom stereocenters. The minimum atomic E-state index is -0.956. The number of hydrogen-bond donors (Lipinski definition) is 1. The molecule has 1 atom stereocenters. The molecular formula is C30H29F2N5O3. The van der Waals surface area contributed by atoms with Crippen molar-refractivity contribution in [2.45, 2.75) is 64.5 Å². The molecule has 5 aliphatic heterocycles. The number of carbonyl (C=O) groups is 2. The maximum absolute atomic E-state index is 15.1. The van der Waals surface area contributed by atoms with Crippen molar-refractivity contribution in [2.24, 2.45) is 0 Å². The first-order chi connectivity index (χ1) is 19.3. The number of pyridine rings is 1. The molecule has 10 heteroatoms. The van der Waals surface area contributed by atoms with E-state index in [1.807, 2.05) is 25.1 Å². The van der Waals surface area contributed by atoms with Crippen LogP contribution in [0.2, 0.25) is 0 Å². The van der Waals surface area contributed by atoms with Gasteiger partial charge in [0, 0.05) is 31.7 Å². The molecule has 1 amide bonds. The van der Waals surface area contributed by atoms with E-state index in [2.05, 4.69) is 15.3 Å². The number of carboxylic acids is 1. The van der Waals surface area contributed by atoms with Crippen LogP contribution >= 0.6 is 0 Å². The topological polar surface area (TPSA) is 101 Å². The number of aryl methyl sites for hydroxylation is 3. The quantitative estimate of drug-likeness (QED) is 0.383. The Kier molecular flexibility index (Phi) is 6.77. The molecule has 0 aliphatic carbocycles. The summed E-state index contributed by atoms with van der Waals surface area (Å²) in [5, 5.41) is 18.5. The SMILES string of the molecule is Cc1c2cnc3c1nnn3CCCCCc1cc(F)c(c(F)c1)C(=O)N1CCc3ccc(cc3C1)C2CC(=O)O. The first-order valence-electron chi connectivity index (χ1n) is 13.6. The summed E-state index contributed by atoms with van der Waals surface area (Å²) in [6.45, 7) is 3.00. The number of nitrogens with zero attached hydrogens (tertiary/aromatic N) is 5. The Morgan fingerprint density at radius 3 is 2.62 bits per heavy atom. The normalized spacial score (nSPS) is 17.6. The van der Waals surface area contributed by atoms with Gasteiger partial charge in [0.15, 0.2) is 5.65 Å². The standard InChI is InChI=1S/C30H29F2N5O3/c1-17-23-15-33-29-28(17)34-35-37(29)9-4-2-3-5-18-11-24(31)27(25(32)12-18)30(40)36-10-8-19-6-7-20(13-21(19)16-36)22(23)14-26(38)39/h6-7,11-13,15,22H,2-5,8-10,14,16H2,1H3,(H,38,39). The third-order valence-corrected chi connectivity index (χ3v) is 8.16. The molecule has 0 spiro atoms. The minimum Gasteiger partial charge on any atom is -0.481 e. The Bertz CT molecular complexity index is 1630. The zero-order valence-electron chi connectivity index (χ0n) is 22.2. The van der Waals surface area contributed by atoms with Crippen LogP contribution < -0.4 is 0 Å². The number of carbonyl (C=O) groups excluding carboxylic acids is 1. The fourth-order valence-electron chi connectivity index (χ4n) is 5.99. The third kappa shape index (κ3) is 4.71. The smallest absolute Gasteiger partial charge is 0.304 e. The molecule has 0 saturated carbocycles. The summed E-state index contributed by atoms with van der Waals surface area (Å²) in [5.74, 6) is -3.84. The largest absolute Gasteiger partial charge is 0.481 e. The number of benzene rings is 2. The molecule has 206 valence electrons.